The van der Waals surface area contributed by atoms with Crippen molar-refractivity contribution in [2.75, 3.05) is 7.11 Å². The highest BCUT2D eigenvalue weighted by Crippen LogP contribution is 2.15. The number of nitrogens with one attached hydrogen (secondary N) is 1. The molecule has 0 aliphatic heterocycles. The SMILES string of the molecule is COc1ccc(CNC(C)c2ccc(I)cc2)cn1. The van der Waals surface area contributed by atoms with Crippen molar-refractivity contribution < 1.29 is 4.74 Å². The first kappa shape index (κ1) is 14.3. The molecule has 0 aliphatic rings. The second-order valence-electron chi connectivity index (χ2n) is 4.36. The number of hydrogen-bond acceptors (Lipinski definition) is 3. The van der Waals surface area contributed by atoms with Crippen molar-refractivity contribution in [1.82, 2.24) is 10.3 Å². The van der Waals surface area contributed by atoms with Gasteiger partial charge in [-0.3, -0.25) is 0 Å². The van der Waals surface area contributed by atoms with E-state index < -0.39 is 0 Å². The number of halogens is 1. The Labute approximate surface area is 127 Å². The summed E-state index contributed by atoms with van der Waals surface area (Å²) >= 11 is 2.32. The van der Waals surface area contributed by atoms with Crippen molar-refractivity contribution in [2.24, 2.45) is 0 Å². The van der Waals surface area contributed by atoms with Crippen LogP contribution >= 0.6 is 22.6 Å². The summed E-state index contributed by atoms with van der Waals surface area (Å²) in [6.45, 7) is 2.96. The van der Waals surface area contributed by atoms with E-state index >= 15 is 0 Å². The van der Waals surface area contributed by atoms with Crippen molar-refractivity contribution >= 4 is 22.6 Å². The highest BCUT2D eigenvalue weighted by atomic mass is 127. The zero-order valence-corrected chi connectivity index (χ0v) is 13.2. The standard InChI is InChI=1S/C15H17IN2O/c1-11(13-4-6-14(16)7-5-13)17-9-12-3-8-15(19-2)18-10-12/h3-8,10-11,17H,9H2,1-2H3. The minimum absolute atomic E-state index is 0.319. The fraction of sp³-hybridized carbons (Fsp3) is 0.267. The van der Waals surface area contributed by atoms with Gasteiger partial charge in [0.05, 0.1) is 7.11 Å². The number of nitrogens with zero attached hydrogens (tertiary/aromatic N) is 1. The normalized spacial score (nSPS) is 12.2. The molecule has 1 atom stereocenters. The average molecular weight is 368 g/mol. The molecule has 0 radical (unpaired) electrons. The van der Waals surface area contributed by atoms with Crippen LogP contribution in [-0.4, -0.2) is 12.1 Å². The number of methoxy groups -OCH3 is 1. The van der Waals surface area contributed by atoms with Crippen LogP contribution in [0.2, 0.25) is 0 Å². The fourth-order valence-corrected chi connectivity index (χ4v) is 2.14. The lowest BCUT2D eigenvalue weighted by molar-refractivity contribution is 0.397. The van der Waals surface area contributed by atoms with Gasteiger partial charge < -0.3 is 10.1 Å². The molecule has 0 amide bonds. The molecule has 2 rings (SSSR count). The van der Waals surface area contributed by atoms with E-state index in [0.717, 1.165) is 12.1 Å². The van der Waals surface area contributed by atoms with E-state index in [4.69, 9.17) is 4.74 Å². The van der Waals surface area contributed by atoms with E-state index in [1.807, 2.05) is 18.3 Å². The fourth-order valence-electron chi connectivity index (χ4n) is 1.78. The molecule has 0 saturated heterocycles. The smallest absolute Gasteiger partial charge is 0.212 e. The van der Waals surface area contributed by atoms with E-state index in [0.29, 0.717) is 11.9 Å². The lowest BCUT2D eigenvalue weighted by Gasteiger charge is -2.14. The Hall–Kier alpha value is -1.14. The molecule has 19 heavy (non-hydrogen) atoms. The Kier molecular flexibility index (Phi) is 5.15. The molecule has 0 aliphatic carbocycles. The zero-order chi connectivity index (χ0) is 13.7. The molecule has 0 bridgehead atoms. The van der Waals surface area contributed by atoms with Crippen LogP contribution in [0.4, 0.5) is 0 Å². The van der Waals surface area contributed by atoms with Gasteiger partial charge in [0.1, 0.15) is 0 Å². The van der Waals surface area contributed by atoms with E-state index in [2.05, 4.69) is 64.1 Å². The molecule has 1 N–H and O–H groups in total. The highest BCUT2D eigenvalue weighted by molar-refractivity contribution is 14.1. The lowest BCUT2D eigenvalue weighted by Crippen LogP contribution is -2.18. The maximum atomic E-state index is 5.04. The minimum Gasteiger partial charge on any atom is -0.481 e. The predicted molar refractivity (Wildman–Crippen MR) is 85.2 cm³/mol. The van der Waals surface area contributed by atoms with Gasteiger partial charge >= 0.3 is 0 Å². The van der Waals surface area contributed by atoms with Gasteiger partial charge in [0.15, 0.2) is 0 Å². The van der Waals surface area contributed by atoms with E-state index in [-0.39, 0.29) is 0 Å². The number of pyridine rings is 1. The minimum atomic E-state index is 0.319. The molecule has 0 saturated carbocycles. The van der Waals surface area contributed by atoms with E-state index in [1.54, 1.807) is 7.11 Å². The second kappa shape index (κ2) is 6.86. The van der Waals surface area contributed by atoms with Gasteiger partial charge in [-0.1, -0.05) is 18.2 Å². The molecule has 1 aromatic heterocycles. The van der Waals surface area contributed by atoms with Crippen LogP contribution in [0.15, 0.2) is 42.6 Å². The monoisotopic (exact) mass is 368 g/mol. The number of benzene rings is 1. The maximum absolute atomic E-state index is 5.04. The third kappa shape index (κ3) is 4.18. The third-order valence-corrected chi connectivity index (χ3v) is 3.71. The summed E-state index contributed by atoms with van der Waals surface area (Å²) in [5, 5.41) is 3.49. The largest absolute Gasteiger partial charge is 0.481 e. The van der Waals surface area contributed by atoms with Gasteiger partial charge in [-0.05, 0) is 52.8 Å². The molecule has 3 nitrogen and oxygen atoms in total. The van der Waals surface area contributed by atoms with Crippen LogP contribution in [0.3, 0.4) is 0 Å². The molecular formula is C15H17IN2O. The molecule has 1 heterocycles. The maximum Gasteiger partial charge on any atom is 0.212 e. The van der Waals surface area contributed by atoms with Gasteiger partial charge in [0, 0.05) is 28.4 Å². The summed E-state index contributed by atoms with van der Waals surface area (Å²) in [6, 6.07) is 12.8. The van der Waals surface area contributed by atoms with E-state index in [1.165, 1.54) is 9.13 Å². The van der Waals surface area contributed by atoms with Crippen LogP contribution in [0.1, 0.15) is 24.1 Å². The van der Waals surface area contributed by atoms with Crippen molar-refractivity contribution in [3.05, 3.63) is 57.3 Å². The first-order valence-electron chi connectivity index (χ1n) is 6.17. The molecule has 0 fully saturated rings. The predicted octanol–water partition coefficient (Wildman–Crippen LogP) is 3.55. The highest BCUT2D eigenvalue weighted by Gasteiger charge is 2.04. The lowest BCUT2D eigenvalue weighted by atomic mass is 10.1. The van der Waals surface area contributed by atoms with Crippen LogP contribution in [-0.2, 0) is 6.54 Å². The van der Waals surface area contributed by atoms with Crippen molar-refractivity contribution in [2.45, 2.75) is 19.5 Å². The summed E-state index contributed by atoms with van der Waals surface area (Å²) in [5.74, 6) is 0.648. The number of hydrogen-bond donors (Lipinski definition) is 1. The topological polar surface area (TPSA) is 34.1 Å². The Morgan fingerprint density at radius 2 is 1.95 bits per heavy atom. The van der Waals surface area contributed by atoms with Crippen molar-refractivity contribution in [3.8, 4) is 5.88 Å². The quantitative estimate of drug-likeness (QED) is 0.820. The van der Waals surface area contributed by atoms with Gasteiger partial charge in [-0.15, -0.1) is 0 Å². The molecular weight excluding hydrogens is 351 g/mol. The second-order valence-corrected chi connectivity index (χ2v) is 5.61. The average Bonchev–Trinajstić information content (AvgIpc) is 2.46. The van der Waals surface area contributed by atoms with Gasteiger partial charge in [-0.2, -0.15) is 0 Å². The molecule has 2 aromatic rings. The van der Waals surface area contributed by atoms with Crippen molar-refractivity contribution in [3.63, 3.8) is 0 Å². The van der Waals surface area contributed by atoms with E-state index in [9.17, 15) is 0 Å². The van der Waals surface area contributed by atoms with Gasteiger partial charge in [-0.25, -0.2) is 4.98 Å². The summed E-state index contributed by atoms with van der Waals surface area (Å²) in [5.41, 5.74) is 2.44. The summed E-state index contributed by atoms with van der Waals surface area (Å²) < 4.78 is 6.30. The Balaban J connectivity index is 1.92. The molecule has 4 heteroatoms. The molecule has 1 aromatic carbocycles. The Morgan fingerprint density at radius 3 is 2.53 bits per heavy atom. The van der Waals surface area contributed by atoms with Gasteiger partial charge in [0.2, 0.25) is 5.88 Å². The number of ether oxygens (including phenoxy) is 1. The number of aromatic nitrogens is 1. The third-order valence-electron chi connectivity index (χ3n) is 2.99. The van der Waals surface area contributed by atoms with Crippen molar-refractivity contribution in [1.29, 1.82) is 0 Å². The summed E-state index contributed by atoms with van der Waals surface area (Å²) in [7, 11) is 1.62. The van der Waals surface area contributed by atoms with Crippen LogP contribution in [0.5, 0.6) is 5.88 Å². The van der Waals surface area contributed by atoms with Crippen LogP contribution in [0.25, 0.3) is 0 Å². The first-order valence-corrected chi connectivity index (χ1v) is 7.24. The Bertz CT molecular complexity index is 511. The first-order chi connectivity index (χ1) is 9.19. The summed E-state index contributed by atoms with van der Waals surface area (Å²) in [4.78, 5) is 4.20. The number of rotatable bonds is 5. The Morgan fingerprint density at radius 1 is 1.21 bits per heavy atom. The van der Waals surface area contributed by atoms with Gasteiger partial charge in [0.25, 0.3) is 0 Å². The molecule has 100 valence electrons. The zero-order valence-electron chi connectivity index (χ0n) is 11.1. The molecule has 0 spiro atoms. The molecule has 1 unspecified atom stereocenters. The summed E-state index contributed by atoms with van der Waals surface area (Å²) in [6.07, 6.45) is 1.84. The van der Waals surface area contributed by atoms with Crippen LogP contribution in [0, 0.1) is 3.57 Å². The van der Waals surface area contributed by atoms with Crippen LogP contribution < -0.4 is 10.1 Å².